The van der Waals surface area contributed by atoms with Crippen molar-refractivity contribution in [2.24, 2.45) is 0 Å². The first-order valence-electron chi connectivity index (χ1n) is 14.2. The Bertz CT molecular complexity index is 1630. The summed E-state index contributed by atoms with van der Waals surface area (Å²) in [5.41, 5.74) is 15.1. The molecular weight excluding hydrogens is 588 g/mol. The molecule has 3 aromatic rings. The highest BCUT2D eigenvalue weighted by molar-refractivity contribution is 8.00. The molecule has 0 bridgehead atoms. The standard InChI is InChI=1S/C29H33FN10OS2/c1-4-40(16(2)19-6-5-7-35-24(19)33)27-21(10-32)26(36-28(37-27)41-12-18-8-17(30)11-38(18)3)39-14-29(15-39)23-20(9-31)25(34)43-22(23)13-42-29/h5-7,16-18H,4,8,11-15,34H2,1-3H3,(H2,33,35)/t16-,17-,18+/m1/s1. The molecule has 0 saturated carbocycles. The summed E-state index contributed by atoms with van der Waals surface area (Å²) in [5.74, 6) is 2.11. The van der Waals surface area contributed by atoms with Gasteiger partial charge in [-0.15, -0.1) is 23.1 Å². The van der Waals surface area contributed by atoms with Crippen LogP contribution < -0.4 is 26.0 Å². The number of nitrogen functional groups attached to an aromatic ring is 2. The van der Waals surface area contributed by atoms with E-state index in [0.717, 1.165) is 21.8 Å². The lowest BCUT2D eigenvalue weighted by Crippen LogP contribution is -2.57. The van der Waals surface area contributed by atoms with E-state index in [-0.39, 0.29) is 29.4 Å². The number of nitrogens with two attached hydrogens (primary N) is 2. The molecule has 1 spiro atoms. The van der Waals surface area contributed by atoms with Gasteiger partial charge < -0.3 is 26.0 Å². The summed E-state index contributed by atoms with van der Waals surface area (Å²) in [5, 5.41) is 20.9. The predicted octanol–water partition coefficient (Wildman–Crippen LogP) is 3.81. The number of pyridine rings is 1. The van der Waals surface area contributed by atoms with E-state index in [0.29, 0.717) is 66.2 Å². The number of fused-ring (bicyclic) bond motifs is 2. The third-order valence-corrected chi connectivity index (χ3v) is 11.3. The Morgan fingerprint density at radius 2 is 2.02 bits per heavy atom. The summed E-state index contributed by atoms with van der Waals surface area (Å²) in [6.45, 7) is 6.22. The smallest absolute Gasteiger partial charge is 0.320 e. The van der Waals surface area contributed by atoms with Gasteiger partial charge in [0.1, 0.15) is 41.3 Å². The maximum absolute atomic E-state index is 14.1. The molecule has 0 aliphatic carbocycles. The molecule has 224 valence electrons. The lowest BCUT2D eigenvalue weighted by Gasteiger charge is -2.49. The number of thiophene rings is 1. The SMILES string of the molecule is CCN(c1nc(OC[C@@H]2C[C@@H](F)CN2C)nc(N2CC3(C2)SCc2sc(N)c(C#N)c23)c1C#N)[C@H](C)c1cccnc1N. The van der Waals surface area contributed by atoms with Crippen LogP contribution in [0.5, 0.6) is 6.01 Å². The van der Waals surface area contributed by atoms with Crippen molar-refractivity contribution < 1.29 is 9.13 Å². The fourth-order valence-electron chi connectivity index (χ4n) is 6.39. The minimum absolute atomic E-state index is 0.105. The first kappa shape index (κ1) is 29.2. The van der Waals surface area contributed by atoms with E-state index in [9.17, 15) is 14.9 Å². The molecule has 14 heteroatoms. The Morgan fingerprint density at radius 3 is 2.67 bits per heavy atom. The zero-order valence-electron chi connectivity index (χ0n) is 24.2. The minimum atomic E-state index is -0.900. The number of likely N-dealkylation sites (tertiary alicyclic amines) is 1. The Hall–Kier alpha value is -3.85. The number of anilines is 4. The van der Waals surface area contributed by atoms with Crippen LogP contribution in [0.2, 0.25) is 0 Å². The van der Waals surface area contributed by atoms with Crippen molar-refractivity contribution in [3.8, 4) is 18.1 Å². The van der Waals surface area contributed by atoms with E-state index in [1.54, 1.807) is 18.0 Å². The van der Waals surface area contributed by atoms with Gasteiger partial charge in [-0.1, -0.05) is 6.07 Å². The van der Waals surface area contributed by atoms with Gasteiger partial charge in [-0.25, -0.2) is 9.37 Å². The molecule has 0 unspecified atom stereocenters. The Kier molecular flexibility index (Phi) is 7.71. The predicted molar refractivity (Wildman–Crippen MR) is 167 cm³/mol. The van der Waals surface area contributed by atoms with Crippen molar-refractivity contribution in [1.29, 1.82) is 10.5 Å². The van der Waals surface area contributed by atoms with Gasteiger partial charge in [0.2, 0.25) is 0 Å². The molecule has 2 saturated heterocycles. The van der Waals surface area contributed by atoms with Crippen molar-refractivity contribution >= 4 is 45.6 Å². The second-order valence-electron chi connectivity index (χ2n) is 11.2. The van der Waals surface area contributed by atoms with Gasteiger partial charge in [0.25, 0.3) is 0 Å². The van der Waals surface area contributed by atoms with Gasteiger partial charge in [-0.3, -0.25) is 4.90 Å². The molecule has 3 aliphatic heterocycles. The topological polar surface area (TPSA) is 157 Å². The average molecular weight is 621 g/mol. The molecule has 3 aromatic heterocycles. The maximum atomic E-state index is 14.1. The highest BCUT2D eigenvalue weighted by Crippen LogP contribution is 2.58. The third-order valence-electron chi connectivity index (χ3n) is 8.65. The van der Waals surface area contributed by atoms with E-state index in [2.05, 4.69) is 17.1 Å². The van der Waals surface area contributed by atoms with Crippen LogP contribution in [0.15, 0.2) is 18.3 Å². The molecule has 3 aliphatic rings. The molecule has 6 rings (SSSR count). The second-order valence-corrected chi connectivity index (χ2v) is 13.7. The Morgan fingerprint density at radius 1 is 1.26 bits per heavy atom. The van der Waals surface area contributed by atoms with Crippen molar-refractivity contribution in [3.05, 3.63) is 45.5 Å². The molecule has 43 heavy (non-hydrogen) atoms. The monoisotopic (exact) mass is 620 g/mol. The number of halogens is 1. The molecule has 0 radical (unpaired) electrons. The maximum Gasteiger partial charge on any atom is 0.320 e. The number of alkyl halides is 1. The minimum Gasteiger partial charge on any atom is -0.462 e. The lowest BCUT2D eigenvalue weighted by atomic mass is 9.88. The largest absolute Gasteiger partial charge is 0.462 e. The third kappa shape index (κ3) is 4.97. The van der Waals surface area contributed by atoms with Gasteiger partial charge in [-0.05, 0) is 33.4 Å². The number of aromatic nitrogens is 3. The molecule has 11 nitrogen and oxygen atoms in total. The number of nitrogens with zero attached hydrogens (tertiary/aromatic N) is 8. The lowest BCUT2D eigenvalue weighted by molar-refractivity contribution is 0.187. The van der Waals surface area contributed by atoms with E-state index in [1.807, 2.05) is 47.7 Å². The first-order chi connectivity index (χ1) is 20.7. The first-order valence-corrected chi connectivity index (χ1v) is 16.0. The van der Waals surface area contributed by atoms with Gasteiger partial charge >= 0.3 is 6.01 Å². The van der Waals surface area contributed by atoms with Crippen LogP contribution in [-0.4, -0.2) is 71.9 Å². The van der Waals surface area contributed by atoms with Crippen molar-refractivity contribution in [2.45, 2.75) is 49.0 Å². The van der Waals surface area contributed by atoms with Crippen molar-refractivity contribution in [2.75, 3.05) is 61.1 Å². The summed E-state index contributed by atoms with van der Waals surface area (Å²) in [6, 6.07) is 8.18. The zero-order chi connectivity index (χ0) is 30.5. The Balaban J connectivity index is 1.37. The summed E-state index contributed by atoms with van der Waals surface area (Å²) < 4.78 is 19.9. The normalized spacial score (nSPS) is 21.2. The van der Waals surface area contributed by atoms with Crippen LogP contribution in [0.1, 0.15) is 53.4 Å². The highest BCUT2D eigenvalue weighted by Gasteiger charge is 2.53. The fourth-order valence-corrected chi connectivity index (χ4v) is 9.20. The van der Waals surface area contributed by atoms with Crippen LogP contribution >= 0.6 is 23.1 Å². The van der Waals surface area contributed by atoms with Crippen molar-refractivity contribution in [3.63, 3.8) is 0 Å². The van der Waals surface area contributed by atoms with Crippen LogP contribution in [0.3, 0.4) is 0 Å². The molecule has 0 amide bonds. The molecule has 0 aromatic carbocycles. The van der Waals surface area contributed by atoms with Crippen molar-refractivity contribution in [1.82, 2.24) is 19.9 Å². The summed E-state index contributed by atoms with van der Waals surface area (Å²) in [6.07, 6.45) is 1.12. The number of hydrogen-bond donors (Lipinski definition) is 2. The van der Waals surface area contributed by atoms with Gasteiger partial charge in [0.05, 0.1) is 16.4 Å². The number of rotatable bonds is 8. The number of likely N-dealkylation sites (N-methyl/N-ethyl adjacent to an activating group) is 1. The average Bonchev–Trinajstić information content (AvgIpc) is 3.61. The molecule has 3 atom stereocenters. The van der Waals surface area contributed by atoms with E-state index in [1.165, 1.54) is 11.3 Å². The van der Waals surface area contributed by atoms with Crippen LogP contribution in [0.25, 0.3) is 0 Å². The van der Waals surface area contributed by atoms with Crippen LogP contribution in [0, 0.1) is 22.7 Å². The van der Waals surface area contributed by atoms with Crippen LogP contribution in [-0.2, 0) is 10.5 Å². The molecular formula is C29H33FN10OS2. The molecule has 6 heterocycles. The number of hydrogen-bond acceptors (Lipinski definition) is 13. The second kappa shape index (κ2) is 11.3. The fraction of sp³-hybridized carbons (Fsp3) is 0.483. The highest BCUT2D eigenvalue weighted by atomic mass is 32.2. The number of ether oxygens (including phenoxy) is 1. The van der Waals surface area contributed by atoms with Crippen LogP contribution in [0.4, 0.5) is 26.8 Å². The molecule has 2 fully saturated rings. The van der Waals surface area contributed by atoms with E-state index < -0.39 is 6.17 Å². The zero-order valence-corrected chi connectivity index (χ0v) is 25.9. The van der Waals surface area contributed by atoms with Gasteiger partial charge in [-0.2, -0.15) is 20.5 Å². The van der Waals surface area contributed by atoms with Gasteiger partial charge in [0.15, 0.2) is 11.6 Å². The number of nitriles is 2. The number of thioether (sulfide) groups is 1. The Labute approximate surface area is 258 Å². The summed E-state index contributed by atoms with van der Waals surface area (Å²) in [4.78, 5) is 20.9. The van der Waals surface area contributed by atoms with Gasteiger partial charge in [0, 0.05) is 60.2 Å². The molecule has 4 N–H and O–H groups in total. The van der Waals surface area contributed by atoms with E-state index in [4.69, 9.17) is 26.2 Å². The summed E-state index contributed by atoms with van der Waals surface area (Å²) in [7, 11) is 1.88. The summed E-state index contributed by atoms with van der Waals surface area (Å²) >= 11 is 3.28. The quantitative estimate of drug-likeness (QED) is 0.376. The van der Waals surface area contributed by atoms with E-state index >= 15 is 0 Å².